The van der Waals surface area contributed by atoms with E-state index >= 15 is 0 Å². The highest BCUT2D eigenvalue weighted by molar-refractivity contribution is 7.11. The molecule has 4 rings (SSSR count). The van der Waals surface area contributed by atoms with Crippen LogP contribution in [-0.4, -0.2) is 105 Å². The van der Waals surface area contributed by atoms with Crippen LogP contribution >= 0.6 is 11.3 Å². The standard InChI is InChI=1S/C21H29N3OS.3C2HF3O2/c1-17-5-6-20(26-17)15-24-10-7-21(8-11-24)12-19(16-25-21)23(2)14-18-4-3-9-22-13-18;3*3-2(4,5)1(6)7/h3-6,9,13,19H,7-8,10-12,14-16H2,1-2H3;3*(H,6,7). The third-order valence-electron chi connectivity index (χ3n) is 6.64. The predicted octanol–water partition coefficient (Wildman–Crippen LogP) is 5.61. The van der Waals surface area contributed by atoms with Crippen LogP contribution in [0, 0.1) is 6.92 Å². The van der Waals surface area contributed by atoms with Crippen LogP contribution in [0.25, 0.3) is 0 Å². The first-order valence-electron chi connectivity index (χ1n) is 13.4. The van der Waals surface area contributed by atoms with E-state index in [1.807, 2.05) is 29.8 Å². The third-order valence-corrected chi connectivity index (χ3v) is 7.62. The van der Waals surface area contributed by atoms with Gasteiger partial charge in [-0.1, -0.05) is 6.07 Å². The number of rotatable bonds is 5. The normalized spacial score (nSPS) is 17.8. The van der Waals surface area contributed by atoms with Crippen molar-refractivity contribution in [1.82, 2.24) is 14.8 Å². The molecule has 0 aromatic carbocycles. The second-order valence-electron chi connectivity index (χ2n) is 10.3. The van der Waals surface area contributed by atoms with Gasteiger partial charge < -0.3 is 20.1 Å². The number of carboxylic acids is 3. The molecule has 1 unspecified atom stereocenters. The van der Waals surface area contributed by atoms with Gasteiger partial charge in [0.05, 0.1) is 12.2 Å². The first-order chi connectivity index (χ1) is 21.4. The monoisotopic (exact) mass is 713 g/mol. The number of aromatic nitrogens is 1. The number of likely N-dealkylation sites (tertiary alicyclic amines) is 1. The van der Waals surface area contributed by atoms with E-state index in [-0.39, 0.29) is 5.60 Å². The molecule has 10 nitrogen and oxygen atoms in total. The number of carboxylic acid groups (broad SMARTS) is 3. The van der Waals surface area contributed by atoms with Crippen LogP contribution in [-0.2, 0) is 32.2 Å². The lowest BCUT2D eigenvalue weighted by molar-refractivity contribution is -0.193. The number of aliphatic carboxylic acids is 3. The molecule has 0 amide bonds. The molecule has 2 fully saturated rings. The molecular formula is C27H32F9N3O7S. The van der Waals surface area contributed by atoms with Crippen LogP contribution in [0.5, 0.6) is 0 Å². The van der Waals surface area contributed by atoms with E-state index in [4.69, 9.17) is 34.4 Å². The van der Waals surface area contributed by atoms with Crippen molar-refractivity contribution < 1.29 is 74.0 Å². The van der Waals surface area contributed by atoms with Gasteiger partial charge in [-0.25, -0.2) is 14.4 Å². The van der Waals surface area contributed by atoms with Crippen LogP contribution in [0.4, 0.5) is 39.5 Å². The van der Waals surface area contributed by atoms with Gasteiger partial charge in [0.25, 0.3) is 0 Å². The number of likely N-dealkylation sites (N-methyl/N-ethyl adjacent to an activating group) is 1. The van der Waals surface area contributed by atoms with Crippen molar-refractivity contribution in [3.63, 3.8) is 0 Å². The van der Waals surface area contributed by atoms with Gasteiger partial charge in [-0.3, -0.25) is 14.8 Å². The van der Waals surface area contributed by atoms with Crippen LogP contribution in [0.2, 0.25) is 0 Å². The number of piperidine rings is 1. The van der Waals surface area contributed by atoms with E-state index in [1.165, 1.54) is 15.3 Å². The average molecular weight is 714 g/mol. The molecule has 47 heavy (non-hydrogen) atoms. The summed E-state index contributed by atoms with van der Waals surface area (Å²) in [5, 5.41) is 21.4. The number of hydrogen-bond donors (Lipinski definition) is 3. The summed E-state index contributed by atoms with van der Waals surface area (Å²) in [6, 6.07) is 9.19. The number of pyridine rings is 1. The molecule has 0 bridgehead atoms. The summed E-state index contributed by atoms with van der Waals surface area (Å²) in [5.41, 5.74) is 1.38. The number of aryl methyl sites for hydroxylation is 1. The van der Waals surface area contributed by atoms with E-state index in [0.29, 0.717) is 6.04 Å². The molecule has 2 aliphatic rings. The summed E-state index contributed by atoms with van der Waals surface area (Å²) in [6.45, 7) is 7.39. The van der Waals surface area contributed by atoms with E-state index in [1.54, 1.807) is 0 Å². The lowest BCUT2D eigenvalue weighted by Crippen LogP contribution is -2.44. The van der Waals surface area contributed by atoms with Gasteiger partial charge in [0.15, 0.2) is 0 Å². The molecule has 4 heterocycles. The van der Waals surface area contributed by atoms with Crippen molar-refractivity contribution in [2.75, 3.05) is 26.7 Å². The Morgan fingerprint density at radius 1 is 0.936 bits per heavy atom. The third kappa shape index (κ3) is 15.8. The van der Waals surface area contributed by atoms with Gasteiger partial charge in [-0.05, 0) is 57.0 Å². The zero-order chi connectivity index (χ0) is 36.2. The second kappa shape index (κ2) is 17.6. The molecule has 2 aliphatic heterocycles. The van der Waals surface area contributed by atoms with E-state index in [9.17, 15) is 39.5 Å². The number of carbonyl (C=O) groups is 3. The van der Waals surface area contributed by atoms with Crippen molar-refractivity contribution in [3.8, 4) is 0 Å². The minimum absolute atomic E-state index is 0.107. The molecule has 3 N–H and O–H groups in total. The number of thiophene rings is 1. The van der Waals surface area contributed by atoms with Crippen molar-refractivity contribution in [2.45, 2.75) is 69.4 Å². The quantitative estimate of drug-likeness (QED) is 0.335. The van der Waals surface area contributed by atoms with Crippen molar-refractivity contribution in [2.24, 2.45) is 0 Å². The van der Waals surface area contributed by atoms with Gasteiger partial charge in [-0.2, -0.15) is 39.5 Å². The fourth-order valence-corrected chi connectivity index (χ4v) is 5.20. The predicted molar refractivity (Wildman–Crippen MR) is 147 cm³/mol. The molecule has 0 radical (unpaired) electrons. The first-order valence-corrected chi connectivity index (χ1v) is 14.2. The van der Waals surface area contributed by atoms with Gasteiger partial charge >= 0.3 is 36.4 Å². The molecule has 20 heteroatoms. The molecule has 0 aliphatic carbocycles. The van der Waals surface area contributed by atoms with E-state index in [2.05, 4.69) is 47.0 Å². The SMILES string of the molecule is Cc1ccc(CN2CCC3(CC2)CC(N(C)Cc2cccnc2)CO3)s1.O=C(O)C(F)(F)F.O=C(O)C(F)(F)F.O=C(O)C(F)(F)F. The zero-order valence-corrected chi connectivity index (χ0v) is 25.6. The smallest absolute Gasteiger partial charge is 0.475 e. The van der Waals surface area contributed by atoms with Gasteiger partial charge in [0, 0.05) is 54.4 Å². The Bertz CT molecular complexity index is 1220. The van der Waals surface area contributed by atoms with Crippen LogP contribution in [0.3, 0.4) is 0 Å². The maximum atomic E-state index is 10.6. The summed E-state index contributed by atoms with van der Waals surface area (Å²) in [4.78, 5) is 38.8. The maximum Gasteiger partial charge on any atom is 0.490 e. The van der Waals surface area contributed by atoms with Gasteiger partial charge in [0.1, 0.15) is 0 Å². The summed E-state index contributed by atoms with van der Waals surface area (Å²) in [5.74, 6) is -8.27. The number of halogens is 9. The molecule has 1 atom stereocenters. The minimum atomic E-state index is -5.08. The molecule has 2 aromatic heterocycles. The fraction of sp³-hybridized carbons (Fsp3) is 0.556. The lowest BCUT2D eigenvalue weighted by atomic mass is 9.87. The average Bonchev–Trinajstić information content (AvgIpc) is 3.56. The number of hydrogen-bond acceptors (Lipinski definition) is 8. The molecular weight excluding hydrogens is 681 g/mol. The first kappa shape index (κ1) is 41.5. The lowest BCUT2D eigenvalue weighted by Gasteiger charge is -2.38. The molecule has 266 valence electrons. The summed E-state index contributed by atoms with van der Waals surface area (Å²) in [7, 11) is 2.22. The van der Waals surface area contributed by atoms with Crippen LogP contribution in [0.15, 0.2) is 36.7 Å². The Kier molecular flexibility index (Phi) is 15.6. The molecule has 0 saturated carbocycles. The number of ether oxygens (including phenoxy) is 1. The van der Waals surface area contributed by atoms with Crippen molar-refractivity contribution in [1.29, 1.82) is 0 Å². The molecule has 2 aromatic rings. The van der Waals surface area contributed by atoms with E-state index < -0.39 is 36.4 Å². The minimum Gasteiger partial charge on any atom is -0.475 e. The van der Waals surface area contributed by atoms with Gasteiger partial charge in [-0.15, -0.1) is 11.3 Å². The summed E-state index contributed by atoms with van der Waals surface area (Å²) >= 11 is 1.93. The highest BCUT2D eigenvalue weighted by atomic mass is 32.1. The molecule has 2 saturated heterocycles. The Morgan fingerprint density at radius 2 is 1.43 bits per heavy atom. The van der Waals surface area contributed by atoms with Crippen LogP contribution < -0.4 is 0 Å². The fourth-order valence-electron chi connectivity index (χ4n) is 4.27. The Hall–Kier alpha value is -3.49. The maximum absolute atomic E-state index is 10.6. The van der Waals surface area contributed by atoms with Gasteiger partial charge in [0.2, 0.25) is 0 Å². The largest absolute Gasteiger partial charge is 0.490 e. The Balaban J connectivity index is 0.000000430. The topological polar surface area (TPSA) is 140 Å². The van der Waals surface area contributed by atoms with Crippen LogP contribution in [0.1, 0.15) is 34.6 Å². The number of nitrogens with zero attached hydrogens (tertiary/aromatic N) is 3. The molecule has 1 spiro atoms. The zero-order valence-electron chi connectivity index (χ0n) is 24.8. The highest BCUT2D eigenvalue weighted by Crippen LogP contribution is 2.38. The van der Waals surface area contributed by atoms with Crippen molar-refractivity contribution in [3.05, 3.63) is 52.0 Å². The van der Waals surface area contributed by atoms with Crippen molar-refractivity contribution >= 4 is 29.2 Å². The second-order valence-corrected chi connectivity index (χ2v) is 11.7. The van der Waals surface area contributed by atoms with E-state index in [0.717, 1.165) is 52.0 Å². The number of alkyl halides is 9. The summed E-state index contributed by atoms with van der Waals surface area (Å²) in [6.07, 6.45) is -7.96. The highest BCUT2D eigenvalue weighted by Gasteiger charge is 2.44. The summed E-state index contributed by atoms with van der Waals surface area (Å²) < 4.78 is 102. The Labute approximate surface area is 266 Å². The Morgan fingerprint density at radius 3 is 1.81 bits per heavy atom.